The highest BCUT2D eigenvalue weighted by Gasteiger charge is 2.36. The Morgan fingerprint density at radius 2 is 1.59 bits per heavy atom. The second kappa shape index (κ2) is 10.0. The molecule has 2 nitrogen and oxygen atoms in total. The quantitative estimate of drug-likeness (QED) is 0.823. The van der Waals surface area contributed by atoms with Gasteiger partial charge in [0.05, 0.1) is 0 Å². The number of rotatable bonds is 5. The highest BCUT2D eigenvalue weighted by atomic mass is 16.3. The van der Waals surface area contributed by atoms with Crippen LogP contribution >= 0.6 is 0 Å². The Kier molecular flexibility index (Phi) is 8.74. The molecule has 0 aliphatic heterocycles. The first-order valence-electron chi connectivity index (χ1n) is 8.83. The Morgan fingerprint density at radius 3 is 2.05 bits per heavy atom. The van der Waals surface area contributed by atoms with E-state index in [9.17, 15) is 5.11 Å². The van der Waals surface area contributed by atoms with E-state index in [1.165, 1.54) is 37.7 Å². The summed E-state index contributed by atoms with van der Waals surface area (Å²) in [5, 5.41) is 17.6. The molecule has 0 radical (unpaired) electrons. The zero-order valence-corrected chi connectivity index (χ0v) is 14.6. The second-order valence-corrected chi connectivity index (χ2v) is 7.16. The Labute approximate surface area is 136 Å². The standard InChI is InChI=1S/C17H26O.C3H8O/c1-17(2,13-18)16(14-9-5-3-6-10-14)15-11-7-4-8-12-15;1-2-3-4/h3,5-6,9-10,15-16,18H,4,7-8,11-13H2,1-2H3;4H,2-3H2,1H3. The molecule has 1 atom stereocenters. The fourth-order valence-corrected chi connectivity index (χ4v) is 3.59. The van der Waals surface area contributed by atoms with Crippen molar-refractivity contribution in [3.05, 3.63) is 35.9 Å². The molecule has 2 N–H and O–H groups in total. The molecule has 1 fully saturated rings. The molecule has 0 amide bonds. The largest absolute Gasteiger partial charge is 0.396 e. The normalized spacial score (nSPS) is 17.5. The molecule has 1 aromatic carbocycles. The van der Waals surface area contributed by atoms with Crippen LogP contribution in [0, 0.1) is 11.3 Å². The van der Waals surface area contributed by atoms with Gasteiger partial charge in [-0.15, -0.1) is 0 Å². The molecule has 1 aromatic rings. The maximum Gasteiger partial charge on any atom is 0.0488 e. The fraction of sp³-hybridized carbons (Fsp3) is 0.700. The lowest BCUT2D eigenvalue weighted by atomic mass is 9.65. The molecular formula is C20H34O2. The predicted octanol–water partition coefficient (Wildman–Crippen LogP) is 4.76. The number of benzene rings is 1. The second-order valence-electron chi connectivity index (χ2n) is 7.16. The summed E-state index contributed by atoms with van der Waals surface area (Å²) in [4.78, 5) is 0. The third-order valence-corrected chi connectivity index (χ3v) is 4.75. The summed E-state index contributed by atoms with van der Waals surface area (Å²) in [5.74, 6) is 1.23. The summed E-state index contributed by atoms with van der Waals surface area (Å²) in [5.41, 5.74) is 1.38. The minimum atomic E-state index is -0.0244. The van der Waals surface area contributed by atoms with Crippen LogP contribution in [0.3, 0.4) is 0 Å². The van der Waals surface area contributed by atoms with Crippen molar-refractivity contribution in [2.45, 2.75) is 65.2 Å². The lowest BCUT2D eigenvalue weighted by Gasteiger charge is -2.40. The van der Waals surface area contributed by atoms with E-state index in [2.05, 4.69) is 44.2 Å². The molecule has 1 aliphatic carbocycles. The van der Waals surface area contributed by atoms with Crippen molar-refractivity contribution in [3.63, 3.8) is 0 Å². The van der Waals surface area contributed by atoms with Crippen LogP contribution in [0.25, 0.3) is 0 Å². The molecule has 0 saturated heterocycles. The van der Waals surface area contributed by atoms with Crippen LogP contribution in [0.4, 0.5) is 0 Å². The van der Waals surface area contributed by atoms with Crippen molar-refractivity contribution in [2.75, 3.05) is 13.2 Å². The first-order valence-corrected chi connectivity index (χ1v) is 8.83. The van der Waals surface area contributed by atoms with Crippen molar-refractivity contribution >= 4 is 0 Å². The van der Waals surface area contributed by atoms with Gasteiger partial charge in [-0.3, -0.25) is 0 Å². The van der Waals surface area contributed by atoms with Crippen molar-refractivity contribution in [2.24, 2.45) is 11.3 Å². The molecule has 0 aromatic heterocycles. The third kappa shape index (κ3) is 5.73. The van der Waals surface area contributed by atoms with E-state index in [1.54, 1.807) is 0 Å². The molecule has 126 valence electrons. The third-order valence-electron chi connectivity index (χ3n) is 4.75. The van der Waals surface area contributed by atoms with E-state index in [4.69, 9.17) is 5.11 Å². The lowest BCUT2D eigenvalue weighted by Crippen LogP contribution is -2.32. The van der Waals surface area contributed by atoms with Crippen LogP contribution in [0.5, 0.6) is 0 Å². The number of aliphatic hydroxyl groups excluding tert-OH is 2. The summed E-state index contributed by atoms with van der Waals surface area (Å²) in [7, 11) is 0. The van der Waals surface area contributed by atoms with Gasteiger partial charge in [0.1, 0.15) is 0 Å². The average Bonchev–Trinajstić information content (AvgIpc) is 2.57. The van der Waals surface area contributed by atoms with Crippen LogP contribution in [0.2, 0.25) is 0 Å². The molecule has 1 aliphatic rings. The zero-order chi connectivity index (χ0) is 16.4. The molecule has 1 unspecified atom stereocenters. The number of hydrogen-bond acceptors (Lipinski definition) is 2. The first kappa shape index (κ1) is 19.2. The smallest absolute Gasteiger partial charge is 0.0488 e. The van der Waals surface area contributed by atoms with E-state index in [0.717, 1.165) is 12.3 Å². The van der Waals surface area contributed by atoms with E-state index in [-0.39, 0.29) is 12.0 Å². The van der Waals surface area contributed by atoms with Crippen LogP contribution < -0.4 is 0 Å². The van der Waals surface area contributed by atoms with Gasteiger partial charge in [-0.25, -0.2) is 0 Å². The van der Waals surface area contributed by atoms with E-state index < -0.39 is 0 Å². The summed E-state index contributed by atoms with van der Waals surface area (Å²) >= 11 is 0. The minimum absolute atomic E-state index is 0.0244. The van der Waals surface area contributed by atoms with Gasteiger partial charge in [-0.2, -0.15) is 0 Å². The van der Waals surface area contributed by atoms with Gasteiger partial charge in [-0.1, -0.05) is 70.4 Å². The van der Waals surface area contributed by atoms with E-state index >= 15 is 0 Å². The van der Waals surface area contributed by atoms with Crippen LogP contribution in [-0.2, 0) is 0 Å². The fourth-order valence-electron chi connectivity index (χ4n) is 3.59. The molecular weight excluding hydrogens is 272 g/mol. The Bertz CT molecular complexity index is 378. The number of aliphatic hydroxyl groups is 2. The highest BCUT2D eigenvalue weighted by molar-refractivity contribution is 5.23. The summed E-state index contributed by atoms with van der Waals surface area (Å²) in [6.45, 7) is 6.93. The predicted molar refractivity (Wildman–Crippen MR) is 94.0 cm³/mol. The zero-order valence-electron chi connectivity index (χ0n) is 14.6. The topological polar surface area (TPSA) is 40.5 Å². The SMILES string of the molecule is CC(C)(CO)C(c1ccccc1)C1CCCCC1.CCCO. The monoisotopic (exact) mass is 306 g/mol. The van der Waals surface area contributed by atoms with Crippen LogP contribution in [0.15, 0.2) is 30.3 Å². The maximum atomic E-state index is 9.76. The van der Waals surface area contributed by atoms with E-state index in [0.29, 0.717) is 12.5 Å². The molecule has 0 spiro atoms. The van der Waals surface area contributed by atoms with Crippen LogP contribution in [-0.4, -0.2) is 23.4 Å². The highest BCUT2D eigenvalue weighted by Crippen LogP contribution is 2.46. The summed E-state index contributed by atoms with van der Waals surface area (Å²) in [6, 6.07) is 10.8. The van der Waals surface area contributed by atoms with Crippen molar-refractivity contribution in [1.82, 2.24) is 0 Å². The molecule has 0 heterocycles. The molecule has 2 rings (SSSR count). The summed E-state index contributed by atoms with van der Waals surface area (Å²) in [6.07, 6.45) is 7.62. The molecule has 22 heavy (non-hydrogen) atoms. The Morgan fingerprint density at radius 1 is 1.05 bits per heavy atom. The van der Waals surface area contributed by atoms with Gasteiger partial charge in [0, 0.05) is 13.2 Å². The van der Waals surface area contributed by atoms with Gasteiger partial charge < -0.3 is 10.2 Å². The lowest BCUT2D eigenvalue weighted by molar-refractivity contribution is 0.0904. The maximum absolute atomic E-state index is 9.76. The minimum Gasteiger partial charge on any atom is -0.396 e. The van der Waals surface area contributed by atoms with Crippen molar-refractivity contribution < 1.29 is 10.2 Å². The van der Waals surface area contributed by atoms with Crippen LogP contribution in [0.1, 0.15) is 70.8 Å². The average molecular weight is 306 g/mol. The number of hydrogen-bond donors (Lipinski definition) is 2. The molecule has 0 bridgehead atoms. The van der Waals surface area contributed by atoms with Gasteiger partial charge in [0.15, 0.2) is 0 Å². The van der Waals surface area contributed by atoms with Gasteiger partial charge in [-0.05, 0) is 42.1 Å². The van der Waals surface area contributed by atoms with E-state index in [1.807, 2.05) is 6.92 Å². The Balaban J connectivity index is 0.000000541. The summed E-state index contributed by atoms with van der Waals surface area (Å²) < 4.78 is 0. The van der Waals surface area contributed by atoms with Gasteiger partial charge >= 0.3 is 0 Å². The van der Waals surface area contributed by atoms with Crippen molar-refractivity contribution in [1.29, 1.82) is 0 Å². The molecule has 1 saturated carbocycles. The Hall–Kier alpha value is -0.860. The molecule has 2 heteroatoms. The first-order chi connectivity index (χ1) is 10.6. The van der Waals surface area contributed by atoms with Gasteiger partial charge in [0.2, 0.25) is 0 Å². The van der Waals surface area contributed by atoms with Crippen molar-refractivity contribution in [3.8, 4) is 0 Å². The van der Waals surface area contributed by atoms with Gasteiger partial charge in [0.25, 0.3) is 0 Å².